The molecule has 12 heavy (non-hydrogen) atoms. The second-order valence-corrected chi connectivity index (χ2v) is 3.38. The van der Waals surface area contributed by atoms with Crippen molar-refractivity contribution in [3.8, 4) is 0 Å². The maximum atomic E-state index is 9.62. The van der Waals surface area contributed by atoms with Gasteiger partial charge in [0, 0.05) is 5.56 Å². The van der Waals surface area contributed by atoms with E-state index in [1.165, 1.54) is 0 Å². The van der Waals surface area contributed by atoms with E-state index in [9.17, 15) is 5.11 Å². The predicted molar refractivity (Wildman–Crippen MR) is 47.4 cm³/mol. The fraction of sp³-hybridized carbons (Fsp3) is 0.625. The van der Waals surface area contributed by atoms with E-state index < -0.39 is 6.10 Å². The average Bonchev–Trinajstić information content (AvgIpc) is 2.33. The quantitative estimate of drug-likeness (QED) is 0.633. The van der Waals surface area contributed by atoms with Gasteiger partial charge in [-0.1, -0.05) is 13.8 Å². The molecule has 0 aliphatic carbocycles. The van der Waals surface area contributed by atoms with E-state index in [-0.39, 0.29) is 0 Å². The number of aromatic amines is 1. The number of hydrogen-bond donors (Lipinski definition) is 3. The minimum atomic E-state index is -0.497. The fourth-order valence-electron chi connectivity index (χ4n) is 1.14. The number of nitrogens with two attached hydrogens (primary N) is 1. The second-order valence-electron chi connectivity index (χ2n) is 3.38. The van der Waals surface area contributed by atoms with Crippen LogP contribution in [0.3, 0.4) is 0 Å². The molecular formula is C8H15N3O. The minimum Gasteiger partial charge on any atom is -0.388 e. The third-order valence-electron chi connectivity index (χ3n) is 1.75. The molecule has 1 aromatic rings. The molecule has 0 aliphatic rings. The lowest BCUT2D eigenvalue weighted by molar-refractivity contribution is 0.152. The van der Waals surface area contributed by atoms with Crippen LogP contribution in [0.4, 0.5) is 5.82 Å². The van der Waals surface area contributed by atoms with Gasteiger partial charge in [-0.3, -0.25) is 5.10 Å². The SMILES string of the molecule is CC(C)CC(O)c1cn[nH]c1N. The second kappa shape index (κ2) is 3.58. The molecule has 0 amide bonds. The van der Waals surface area contributed by atoms with E-state index in [4.69, 9.17) is 5.73 Å². The summed E-state index contributed by atoms with van der Waals surface area (Å²) in [7, 11) is 0. The number of rotatable bonds is 3. The van der Waals surface area contributed by atoms with Crippen LogP contribution >= 0.6 is 0 Å². The lowest BCUT2D eigenvalue weighted by Gasteiger charge is -2.11. The molecule has 0 aliphatic heterocycles. The van der Waals surface area contributed by atoms with Gasteiger partial charge in [0.15, 0.2) is 0 Å². The molecule has 0 fully saturated rings. The van der Waals surface area contributed by atoms with Crippen LogP contribution in [0.15, 0.2) is 6.20 Å². The van der Waals surface area contributed by atoms with Crippen LogP contribution in [0.1, 0.15) is 31.9 Å². The van der Waals surface area contributed by atoms with Crippen molar-refractivity contribution in [2.45, 2.75) is 26.4 Å². The first kappa shape index (κ1) is 9.06. The number of hydrogen-bond acceptors (Lipinski definition) is 3. The smallest absolute Gasteiger partial charge is 0.124 e. The first-order valence-electron chi connectivity index (χ1n) is 4.08. The summed E-state index contributed by atoms with van der Waals surface area (Å²) < 4.78 is 0. The Morgan fingerprint density at radius 1 is 1.67 bits per heavy atom. The van der Waals surface area contributed by atoms with Crippen LogP contribution in [0.25, 0.3) is 0 Å². The molecule has 4 N–H and O–H groups in total. The van der Waals surface area contributed by atoms with Crippen molar-refractivity contribution in [3.63, 3.8) is 0 Å². The Morgan fingerprint density at radius 2 is 2.33 bits per heavy atom. The zero-order valence-corrected chi connectivity index (χ0v) is 7.41. The summed E-state index contributed by atoms with van der Waals surface area (Å²) in [6.07, 6.45) is 1.79. The van der Waals surface area contributed by atoms with E-state index in [1.54, 1.807) is 6.20 Å². The monoisotopic (exact) mass is 169 g/mol. The number of nitrogens with one attached hydrogen (secondary N) is 1. The fourth-order valence-corrected chi connectivity index (χ4v) is 1.14. The van der Waals surface area contributed by atoms with Crippen molar-refractivity contribution in [2.75, 3.05) is 5.73 Å². The predicted octanol–water partition coefficient (Wildman–Crippen LogP) is 1.07. The number of nitrogen functional groups attached to an aromatic ring is 1. The topological polar surface area (TPSA) is 74.9 Å². The number of H-pyrrole nitrogens is 1. The molecule has 68 valence electrons. The van der Waals surface area contributed by atoms with Crippen molar-refractivity contribution in [1.29, 1.82) is 0 Å². The maximum Gasteiger partial charge on any atom is 0.124 e. The van der Waals surface area contributed by atoms with Crippen LogP contribution in [0.2, 0.25) is 0 Å². The van der Waals surface area contributed by atoms with E-state index >= 15 is 0 Å². The zero-order chi connectivity index (χ0) is 9.14. The van der Waals surface area contributed by atoms with Gasteiger partial charge in [-0.2, -0.15) is 5.10 Å². The molecule has 0 spiro atoms. The third-order valence-corrected chi connectivity index (χ3v) is 1.75. The minimum absolute atomic E-state index is 0.453. The van der Waals surface area contributed by atoms with Crippen molar-refractivity contribution in [2.24, 2.45) is 5.92 Å². The molecule has 0 aromatic carbocycles. The van der Waals surface area contributed by atoms with Gasteiger partial charge in [0.25, 0.3) is 0 Å². The first-order valence-corrected chi connectivity index (χ1v) is 4.08. The number of aliphatic hydroxyl groups excluding tert-OH is 1. The normalized spacial score (nSPS) is 13.7. The standard InChI is InChI=1S/C8H15N3O/c1-5(2)3-7(12)6-4-10-11-8(6)9/h4-5,7,12H,3H2,1-2H3,(H3,9,10,11). The van der Waals surface area contributed by atoms with Gasteiger partial charge in [-0.25, -0.2) is 0 Å². The molecule has 4 nitrogen and oxygen atoms in total. The number of anilines is 1. The number of nitrogens with zero attached hydrogens (tertiary/aromatic N) is 1. The molecular weight excluding hydrogens is 154 g/mol. The van der Waals surface area contributed by atoms with E-state index in [0.29, 0.717) is 23.7 Å². The summed E-state index contributed by atoms with van der Waals surface area (Å²) in [5.74, 6) is 0.914. The molecule has 0 bridgehead atoms. The number of aliphatic hydroxyl groups is 1. The van der Waals surface area contributed by atoms with Crippen LogP contribution in [-0.2, 0) is 0 Å². The summed E-state index contributed by atoms with van der Waals surface area (Å²) in [4.78, 5) is 0. The lowest BCUT2D eigenvalue weighted by Crippen LogP contribution is -2.03. The summed E-state index contributed by atoms with van der Waals surface area (Å²) >= 11 is 0. The molecule has 4 heteroatoms. The maximum absolute atomic E-state index is 9.62. The molecule has 0 saturated heterocycles. The summed E-state index contributed by atoms with van der Waals surface area (Å²) in [6.45, 7) is 4.11. The highest BCUT2D eigenvalue weighted by atomic mass is 16.3. The van der Waals surface area contributed by atoms with Crippen molar-refractivity contribution < 1.29 is 5.11 Å². The summed E-state index contributed by atoms with van der Waals surface area (Å²) in [5, 5.41) is 16.0. The number of aromatic nitrogens is 2. The zero-order valence-electron chi connectivity index (χ0n) is 7.41. The van der Waals surface area contributed by atoms with Crippen LogP contribution in [0.5, 0.6) is 0 Å². The largest absolute Gasteiger partial charge is 0.388 e. The van der Waals surface area contributed by atoms with Crippen LogP contribution < -0.4 is 5.73 Å². The highest BCUT2D eigenvalue weighted by Crippen LogP contribution is 2.23. The molecule has 1 unspecified atom stereocenters. The summed E-state index contributed by atoms with van der Waals surface area (Å²) in [5.41, 5.74) is 6.24. The van der Waals surface area contributed by atoms with Gasteiger partial charge in [-0.05, 0) is 12.3 Å². The lowest BCUT2D eigenvalue weighted by atomic mass is 10.0. The van der Waals surface area contributed by atoms with Gasteiger partial charge in [0.2, 0.25) is 0 Å². The van der Waals surface area contributed by atoms with Gasteiger partial charge >= 0.3 is 0 Å². The Kier molecular flexibility index (Phi) is 2.70. The third kappa shape index (κ3) is 1.98. The Balaban J connectivity index is 2.65. The molecule has 1 aromatic heterocycles. The summed E-state index contributed by atoms with van der Waals surface area (Å²) in [6, 6.07) is 0. The molecule has 1 rings (SSSR count). The average molecular weight is 169 g/mol. The Hall–Kier alpha value is -1.03. The Labute approximate surface area is 71.8 Å². The Bertz CT molecular complexity index is 244. The molecule has 1 atom stereocenters. The van der Waals surface area contributed by atoms with Crippen molar-refractivity contribution in [1.82, 2.24) is 10.2 Å². The van der Waals surface area contributed by atoms with E-state index in [0.717, 1.165) is 0 Å². The first-order chi connectivity index (χ1) is 5.61. The van der Waals surface area contributed by atoms with Crippen LogP contribution in [0, 0.1) is 5.92 Å². The molecule has 0 saturated carbocycles. The highest BCUT2D eigenvalue weighted by Gasteiger charge is 2.13. The highest BCUT2D eigenvalue weighted by molar-refractivity contribution is 5.38. The molecule has 0 radical (unpaired) electrons. The Morgan fingerprint density at radius 3 is 2.75 bits per heavy atom. The van der Waals surface area contributed by atoms with E-state index in [2.05, 4.69) is 24.0 Å². The van der Waals surface area contributed by atoms with E-state index in [1.807, 2.05) is 0 Å². The van der Waals surface area contributed by atoms with Gasteiger partial charge in [-0.15, -0.1) is 0 Å². The van der Waals surface area contributed by atoms with Gasteiger partial charge < -0.3 is 10.8 Å². The van der Waals surface area contributed by atoms with Crippen molar-refractivity contribution in [3.05, 3.63) is 11.8 Å². The van der Waals surface area contributed by atoms with Gasteiger partial charge in [0.1, 0.15) is 5.82 Å². The van der Waals surface area contributed by atoms with Gasteiger partial charge in [0.05, 0.1) is 12.3 Å². The van der Waals surface area contributed by atoms with Crippen molar-refractivity contribution >= 4 is 5.82 Å². The molecule has 1 heterocycles. The van der Waals surface area contributed by atoms with Crippen LogP contribution in [-0.4, -0.2) is 15.3 Å².